The second-order valence-electron chi connectivity index (χ2n) is 6.06. The third-order valence-electron chi connectivity index (χ3n) is 3.99. The first-order valence-electron chi connectivity index (χ1n) is 6.80. The SMILES string of the molecule is COc1cc(/C=C/B2OC(C)(C)C(C)(C)O2)ncc1C. The molecule has 1 aliphatic heterocycles. The minimum absolute atomic E-state index is 0.319. The summed E-state index contributed by atoms with van der Waals surface area (Å²) in [7, 11) is 1.30. The molecular weight excluding hydrogens is 253 g/mol. The van der Waals surface area contributed by atoms with Crippen LogP contribution in [0.15, 0.2) is 18.2 Å². The molecular formula is C15H22BNO3. The van der Waals surface area contributed by atoms with Gasteiger partial charge < -0.3 is 14.0 Å². The Bertz CT molecular complexity index is 510. The molecule has 0 aromatic carbocycles. The molecule has 20 heavy (non-hydrogen) atoms. The van der Waals surface area contributed by atoms with Gasteiger partial charge in [-0.15, -0.1) is 0 Å². The Morgan fingerprint density at radius 2 is 1.80 bits per heavy atom. The number of ether oxygens (including phenoxy) is 1. The molecule has 108 valence electrons. The highest BCUT2D eigenvalue weighted by Crippen LogP contribution is 2.37. The zero-order valence-electron chi connectivity index (χ0n) is 13.1. The van der Waals surface area contributed by atoms with E-state index >= 15 is 0 Å². The molecule has 2 rings (SSSR count). The lowest BCUT2D eigenvalue weighted by Gasteiger charge is -2.32. The lowest BCUT2D eigenvalue weighted by atomic mass is 9.89. The van der Waals surface area contributed by atoms with Gasteiger partial charge in [-0.3, -0.25) is 4.98 Å². The summed E-state index contributed by atoms with van der Waals surface area (Å²) in [5, 5.41) is 0. The van der Waals surface area contributed by atoms with E-state index in [0.29, 0.717) is 0 Å². The van der Waals surface area contributed by atoms with E-state index in [1.165, 1.54) is 0 Å². The molecule has 0 bridgehead atoms. The van der Waals surface area contributed by atoms with Gasteiger partial charge in [0.05, 0.1) is 24.0 Å². The van der Waals surface area contributed by atoms with Gasteiger partial charge >= 0.3 is 7.12 Å². The molecule has 0 aliphatic carbocycles. The molecule has 0 unspecified atom stereocenters. The lowest BCUT2D eigenvalue weighted by Crippen LogP contribution is -2.41. The van der Waals surface area contributed by atoms with Crippen molar-refractivity contribution in [3.8, 4) is 5.75 Å². The molecule has 1 aliphatic rings. The number of rotatable bonds is 3. The summed E-state index contributed by atoms with van der Waals surface area (Å²) in [6, 6.07) is 1.90. The fraction of sp³-hybridized carbons (Fsp3) is 0.533. The molecule has 1 fully saturated rings. The van der Waals surface area contributed by atoms with Crippen LogP contribution in [0.3, 0.4) is 0 Å². The van der Waals surface area contributed by atoms with Crippen molar-refractivity contribution < 1.29 is 14.0 Å². The summed E-state index contributed by atoms with van der Waals surface area (Å²) < 4.78 is 17.1. The van der Waals surface area contributed by atoms with Crippen LogP contribution in [0.4, 0.5) is 0 Å². The van der Waals surface area contributed by atoms with Crippen molar-refractivity contribution in [1.29, 1.82) is 0 Å². The maximum Gasteiger partial charge on any atom is 0.487 e. The van der Waals surface area contributed by atoms with Crippen molar-refractivity contribution in [2.45, 2.75) is 45.8 Å². The Labute approximate surface area is 121 Å². The molecule has 0 spiro atoms. The topological polar surface area (TPSA) is 40.6 Å². The lowest BCUT2D eigenvalue weighted by molar-refractivity contribution is 0.00578. The zero-order chi connectivity index (χ0) is 15.0. The average Bonchev–Trinajstić information content (AvgIpc) is 2.57. The molecule has 0 N–H and O–H groups in total. The van der Waals surface area contributed by atoms with Crippen molar-refractivity contribution in [1.82, 2.24) is 4.98 Å². The van der Waals surface area contributed by atoms with E-state index in [2.05, 4.69) is 4.98 Å². The zero-order valence-corrected chi connectivity index (χ0v) is 13.1. The Balaban J connectivity index is 2.12. The van der Waals surface area contributed by atoms with Gasteiger partial charge in [0, 0.05) is 17.8 Å². The van der Waals surface area contributed by atoms with Crippen LogP contribution in [-0.2, 0) is 9.31 Å². The van der Waals surface area contributed by atoms with Crippen LogP contribution in [0.1, 0.15) is 39.0 Å². The van der Waals surface area contributed by atoms with Crippen LogP contribution in [0.5, 0.6) is 5.75 Å². The Hall–Kier alpha value is -1.33. The van der Waals surface area contributed by atoms with E-state index < -0.39 is 0 Å². The van der Waals surface area contributed by atoms with Crippen LogP contribution in [0, 0.1) is 6.92 Å². The van der Waals surface area contributed by atoms with Crippen LogP contribution >= 0.6 is 0 Å². The number of pyridine rings is 1. The van der Waals surface area contributed by atoms with E-state index in [4.69, 9.17) is 14.0 Å². The molecule has 4 nitrogen and oxygen atoms in total. The summed E-state index contributed by atoms with van der Waals surface area (Å²) in [6.07, 6.45) is 3.69. The fourth-order valence-electron chi connectivity index (χ4n) is 1.98. The molecule has 2 heterocycles. The predicted octanol–water partition coefficient (Wildman–Crippen LogP) is 3.04. The highest BCUT2D eigenvalue weighted by atomic mass is 16.7. The van der Waals surface area contributed by atoms with E-state index in [1.807, 2.05) is 52.7 Å². The molecule has 0 saturated carbocycles. The molecule has 0 amide bonds. The third-order valence-corrected chi connectivity index (χ3v) is 3.99. The molecule has 1 aromatic heterocycles. The minimum Gasteiger partial charge on any atom is -0.496 e. The monoisotopic (exact) mass is 275 g/mol. The number of aromatic nitrogens is 1. The first-order chi connectivity index (χ1) is 9.25. The van der Waals surface area contributed by atoms with E-state index in [9.17, 15) is 0 Å². The van der Waals surface area contributed by atoms with Gasteiger partial charge in [-0.1, -0.05) is 5.98 Å². The molecule has 5 heteroatoms. The van der Waals surface area contributed by atoms with Gasteiger partial charge in [-0.25, -0.2) is 0 Å². The summed E-state index contributed by atoms with van der Waals surface area (Å²) in [6.45, 7) is 10.1. The number of methoxy groups -OCH3 is 1. The van der Waals surface area contributed by atoms with Crippen LogP contribution in [0.25, 0.3) is 6.08 Å². The van der Waals surface area contributed by atoms with Gasteiger partial charge in [0.2, 0.25) is 0 Å². The Kier molecular flexibility index (Phi) is 3.94. The van der Waals surface area contributed by atoms with Crippen molar-refractivity contribution in [3.63, 3.8) is 0 Å². The molecule has 0 atom stereocenters. The summed E-state index contributed by atoms with van der Waals surface area (Å²) >= 11 is 0. The summed E-state index contributed by atoms with van der Waals surface area (Å²) in [5.41, 5.74) is 1.20. The fourth-order valence-corrected chi connectivity index (χ4v) is 1.98. The largest absolute Gasteiger partial charge is 0.496 e. The van der Waals surface area contributed by atoms with Crippen molar-refractivity contribution in [2.75, 3.05) is 7.11 Å². The van der Waals surface area contributed by atoms with Gasteiger partial charge in [0.1, 0.15) is 5.75 Å². The van der Waals surface area contributed by atoms with Crippen LogP contribution in [-0.4, -0.2) is 30.4 Å². The first kappa shape index (κ1) is 15.1. The van der Waals surface area contributed by atoms with E-state index in [-0.39, 0.29) is 18.3 Å². The minimum atomic E-state index is -0.353. The maximum absolute atomic E-state index is 5.90. The van der Waals surface area contributed by atoms with Crippen molar-refractivity contribution in [2.24, 2.45) is 0 Å². The van der Waals surface area contributed by atoms with E-state index in [1.54, 1.807) is 13.3 Å². The van der Waals surface area contributed by atoms with Gasteiger partial charge in [0.25, 0.3) is 0 Å². The Morgan fingerprint density at radius 1 is 1.20 bits per heavy atom. The molecule has 1 aromatic rings. The third kappa shape index (κ3) is 2.89. The van der Waals surface area contributed by atoms with Crippen molar-refractivity contribution in [3.05, 3.63) is 29.5 Å². The number of hydrogen-bond donors (Lipinski definition) is 0. The van der Waals surface area contributed by atoms with Gasteiger partial charge in [0.15, 0.2) is 0 Å². The highest BCUT2D eigenvalue weighted by molar-refractivity contribution is 6.52. The maximum atomic E-state index is 5.90. The second-order valence-corrected chi connectivity index (χ2v) is 6.06. The number of aryl methyl sites for hydroxylation is 1. The predicted molar refractivity (Wildman–Crippen MR) is 80.6 cm³/mol. The van der Waals surface area contributed by atoms with Gasteiger partial charge in [-0.05, 0) is 40.7 Å². The average molecular weight is 275 g/mol. The summed E-state index contributed by atoms with van der Waals surface area (Å²) in [4.78, 5) is 4.34. The molecule has 0 radical (unpaired) electrons. The Morgan fingerprint density at radius 3 is 2.35 bits per heavy atom. The van der Waals surface area contributed by atoms with Crippen molar-refractivity contribution >= 4 is 13.2 Å². The normalized spacial score (nSPS) is 20.6. The standard InChI is InChI=1S/C15H22BNO3/c1-11-10-17-12(9-13(11)18-6)7-8-16-19-14(2,3)15(4,5)20-16/h7-10H,1-6H3/b8-7+. The quantitative estimate of drug-likeness (QED) is 0.795. The highest BCUT2D eigenvalue weighted by Gasteiger charge is 2.49. The number of hydrogen-bond acceptors (Lipinski definition) is 4. The van der Waals surface area contributed by atoms with Crippen LogP contribution < -0.4 is 4.74 Å². The van der Waals surface area contributed by atoms with Gasteiger partial charge in [-0.2, -0.15) is 0 Å². The molecule has 1 saturated heterocycles. The number of nitrogens with zero attached hydrogens (tertiary/aromatic N) is 1. The van der Waals surface area contributed by atoms with Crippen LogP contribution in [0.2, 0.25) is 0 Å². The smallest absolute Gasteiger partial charge is 0.487 e. The summed E-state index contributed by atoms with van der Waals surface area (Å²) in [5.74, 6) is 2.71. The van der Waals surface area contributed by atoms with E-state index in [0.717, 1.165) is 17.0 Å². The second kappa shape index (κ2) is 5.22. The first-order valence-corrected chi connectivity index (χ1v) is 6.80.